The zero-order chi connectivity index (χ0) is 11.8. The molecular weight excluding hydrogens is 208 g/mol. The standard InChI is InChI=1S/C11H16N2O3/c1-5-14-9-7(2)8(16-13-9)10-12-11(3,4)6-15-10/h5-6H2,1-4H3. The number of nitrogens with zero attached hydrogens (tertiary/aromatic N) is 2. The third-order valence-corrected chi connectivity index (χ3v) is 2.32. The third-order valence-electron chi connectivity index (χ3n) is 2.32. The molecular formula is C11H16N2O3. The fraction of sp³-hybridized carbons (Fsp3) is 0.636. The highest BCUT2D eigenvalue weighted by atomic mass is 16.6. The van der Waals surface area contributed by atoms with E-state index in [1.54, 1.807) is 0 Å². The molecule has 0 fully saturated rings. The Kier molecular flexibility index (Phi) is 2.61. The van der Waals surface area contributed by atoms with Crippen LogP contribution in [0.4, 0.5) is 0 Å². The first-order chi connectivity index (χ1) is 7.53. The molecule has 5 nitrogen and oxygen atoms in total. The summed E-state index contributed by atoms with van der Waals surface area (Å²) in [7, 11) is 0. The molecule has 0 aromatic carbocycles. The van der Waals surface area contributed by atoms with Crippen LogP contribution in [0.25, 0.3) is 0 Å². The summed E-state index contributed by atoms with van der Waals surface area (Å²) >= 11 is 0. The number of ether oxygens (including phenoxy) is 2. The highest BCUT2D eigenvalue weighted by molar-refractivity contribution is 5.94. The Morgan fingerprint density at radius 1 is 1.44 bits per heavy atom. The predicted octanol–water partition coefficient (Wildman–Crippen LogP) is 1.94. The van der Waals surface area contributed by atoms with Crippen LogP contribution in [0.3, 0.4) is 0 Å². The molecule has 0 unspecified atom stereocenters. The summed E-state index contributed by atoms with van der Waals surface area (Å²) in [6.45, 7) is 8.93. The smallest absolute Gasteiger partial charge is 0.257 e. The summed E-state index contributed by atoms with van der Waals surface area (Å²) in [5, 5.41) is 3.84. The zero-order valence-corrected chi connectivity index (χ0v) is 10.0. The number of hydrogen-bond donors (Lipinski definition) is 0. The topological polar surface area (TPSA) is 56.9 Å². The van der Waals surface area contributed by atoms with Gasteiger partial charge in [0.1, 0.15) is 6.61 Å². The quantitative estimate of drug-likeness (QED) is 0.787. The van der Waals surface area contributed by atoms with Crippen LogP contribution in [0.5, 0.6) is 5.88 Å². The molecule has 0 amide bonds. The van der Waals surface area contributed by atoms with Gasteiger partial charge in [0, 0.05) is 0 Å². The van der Waals surface area contributed by atoms with Crippen molar-refractivity contribution in [1.82, 2.24) is 5.16 Å². The summed E-state index contributed by atoms with van der Waals surface area (Å²) in [5.74, 6) is 1.59. The summed E-state index contributed by atoms with van der Waals surface area (Å²) in [6.07, 6.45) is 0. The Hall–Kier alpha value is -1.52. The Morgan fingerprint density at radius 2 is 2.19 bits per heavy atom. The van der Waals surface area contributed by atoms with Crippen molar-refractivity contribution in [3.05, 3.63) is 11.3 Å². The monoisotopic (exact) mass is 224 g/mol. The maximum absolute atomic E-state index is 5.49. The molecule has 5 heteroatoms. The molecule has 0 spiro atoms. The van der Waals surface area contributed by atoms with Crippen LogP contribution in [0, 0.1) is 6.92 Å². The largest absolute Gasteiger partial charge is 0.476 e. The second-order valence-corrected chi connectivity index (χ2v) is 4.39. The van der Waals surface area contributed by atoms with Crippen molar-refractivity contribution in [2.24, 2.45) is 4.99 Å². The first-order valence-electron chi connectivity index (χ1n) is 5.35. The average Bonchev–Trinajstić information content (AvgIpc) is 2.72. The highest BCUT2D eigenvalue weighted by Crippen LogP contribution is 2.26. The molecule has 1 aliphatic rings. The third kappa shape index (κ3) is 1.89. The van der Waals surface area contributed by atoms with Crippen LogP contribution in [0.1, 0.15) is 32.1 Å². The lowest BCUT2D eigenvalue weighted by Gasteiger charge is -2.07. The van der Waals surface area contributed by atoms with Crippen LogP contribution in [0.2, 0.25) is 0 Å². The molecule has 16 heavy (non-hydrogen) atoms. The zero-order valence-electron chi connectivity index (χ0n) is 10.0. The first-order valence-corrected chi connectivity index (χ1v) is 5.35. The minimum absolute atomic E-state index is 0.194. The molecule has 0 saturated carbocycles. The van der Waals surface area contributed by atoms with Gasteiger partial charge in [-0.2, -0.15) is 0 Å². The van der Waals surface area contributed by atoms with Gasteiger partial charge in [-0.25, -0.2) is 4.99 Å². The molecule has 1 aromatic heterocycles. The van der Waals surface area contributed by atoms with E-state index in [2.05, 4.69) is 10.1 Å². The maximum atomic E-state index is 5.49. The molecule has 0 N–H and O–H groups in total. The molecule has 0 atom stereocenters. The summed E-state index contributed by atoms with van der Waals surface area (Å²) in [5.41, 5.74) is 0.638. The van der Waals surface area contributed by atoms with Gasteiger partial charge >= 0.3 is 0 Å². The molecule has 0 saturated heterocycles. The van der Waals surface area contributed by atoms with E-state index in [1.165, 1.54) is 0 Å². The number of rotatable bonds is 3. The van der Waals surface area contributed by atoms with Crippen molar-refractivity contribution in [1.29, 1.82) is 0 Å². The molecule has 0 radical (unpaired) electrons. The number of hydrogen-bond acceptors (Lipinski definition) is 5. The number of aliphatic imine (C=N–C) groups is 1. The molecule has 2 rings (SSSR count). The fourth-order valence-corrected chi connectivity index (χ4v) is 1.49. The van der Waals surface area contributed by atoms with Gasteiger partial charge in [0.25, 0.3) is 11.8 Å². The second-order valence-electron chi connectivity index (χ2n) is 4.39. The van der Waals surface area contributed by atoms with Gasteiger partial charge in [-0.3, -0.25) is 0 Å². The van der Waals surface area contributed by atoms with Gasteiger partial charge in [0.05, 0.1) is 17.7 Å². The van der Waals surface area contributed by atoms with E-state index in [4.69, 9.17) is 14.0 Å². The lowest BCUT2D eigenvalue weighted by atomic mass is 10.1. The molecule has 1 aromatic rings. The average molecular weight is 224 g/mol. The van der Waals surface area contributed by atoms with Gasteiger partial charge in [-0.1, -0.05) is 0 Å². The first kappa shape index (κ1) is 11.0. The Balaban J connectivity index is 2.29. The molecule has 2 heterocycles. The van der Waals surface area contributed by atoms with Crippen molar-refractivity contribution >= 4 is 5.90 Å². The van der Waals surface area contributed by atoms with Gasteiger partial charge < -0.3 is 14.0 Å². The van der Waals surface area contributed by atoms with Crippen molar-refractivity contribution < 1.29 is 14.0 Å². The lowest BCUT2D eigenvalue weighted by Crippen LogP contribution is -2.17. The number of aromatic nitrogens is 1. The van der Waals surface area contributed by atoms with Crippen molar-refractivity contribution in [3.8, 4) is 5.88 Å². The Morgan fingerprint density at radius 3 is 2.75 bits per heavy atom. The summed E-state index contributed by atoms with van der Waals surface area (Å²) in [6, 6.07) is 0. The van der Waals surface area contributed by atoms with E-state index in [0.29, 0.717) is 30.8 Å². The van der Waals surface area contributed by atoms with E-state index in [1.807, 2.05) is 27.7 Å². The van der Waals surface area contributed by atoms with E-state index in [-0.39, 0.29) is 5.54 Å². The van der Waals surface area contributed by atoms with E-state index < -0.39 is 0 Å². The van der Waals surface area contributed by atoms with Gasteiger partial charge in [-0.15, -0.1) is 0 Å². The Bertz CT molecular complexity index is 421. The van der Waals surface area contributed by atoms with Gasteiger partial charge in [-0.05, 0) is 32.9 Å². The summed E-state index contributed by atoms with van der Waals surface area (Å²) in [4.78, 5) is 4.43. The highest BCUT2D eigenvalue weighted by Gasteiger charge is 2.31. The molecule has 0 bridgehead atoms. The van der Waals surface area contributed by atoms with Gasteiger partial charge in [0.2, 0.25) is 5.76 Å². The van der Waals surface area contributed by atoms with Crippen molar-refractivity contribution in [2.75, 3.05) is 13.2 Å². The maximum Gasteiger partial charge on any atom is 0.257 e. The summed E-state index contributed by atoms with van der Waals surface area (Å²) < 4.78 is 16.0. The van der Waals surface area contributed by atoms with Crippen LogP contribution in [0.15, 0.2) is 9.52 Å². The fourth-order valence-electron chi connectivity index (χ4n) is 1.49. The van der Waals surface area contributed by atoms with Crippen LogP contribution in [-0.4, -0.2) is 29.8 Å². The van der Waals surface area contributed by atoms with E-state index in [9.17, 15) is 0 Å². The molecule has 88 valence electrons. The van der Waals surface area contributed by atoms with Crippen LogP contribution in [-0.2, 0) is 4.74 Å². The normalized spacial score (nSPS) is 18.1. The second kappa shape index (κ2) is 3.81. The molecule has 0 aliphatic carbocycles. The minimum Gasteiger partial charge on any atom is -0.476 e. The molecule has 1 aliphatic heterocycles. The predicted molar refractivity (Wildman–Crippen MR) is 59.0 cm³/mol. The van der Waals surface area contributed by atoms with Crippen molar-refractivity contribution in [2.45, 2.75) is 33.2 Å². The van der Waals surface area contributed by atoms with Crippen LogP contribution >= 0.6 is 0 Å². The van der Waals surface area contributed by atoms with E-state index >= 15 is 0 Å². The van der Waals surface area contributed by atoms with Crippen molar-refractivity contribution in [3.63, 3.8) is 0 Å². The SMILES string of the molecule is CCOc1noc(C2=NC(C)(C)CO2)c1C. The Labute approximate surface area is 94.4 Å². The lowest BCUT2D eigenvalue weighted by molar-refractivity contribution is 0.268. The van der Waals surface area contributed by atoms with Gasteiger partial charge in [0.15, 0.2) is 0 Å². The van der Waals surface area contributed by atoms with Crippen LogP contribution < -0.4 is 4.74 Å². The van der Waals surface area contributed by atoms with E-state index in [0.717, 1.165) is 5.56 Å². The minimum atomic E-state index is -0.194.